The summed E-state index contributed by atoms with van der Waals surface area (Å²) in [5.74, 6) is -1.97. The molecule has 44 heavy (non-hydrogen) atoms. The van der Waals surface area contributed by atoms with Crippen LogP contribution in [0.5, 0.6) is 0 Å². The molecule has 7 nitrogen and oxygen atoms in total. The third-order valence-electron chi connectivity index (χ3n) is 7.58. The zero-order chi connectivity index (χ0) is 31.4. The maximum atomic E-state index is 14.2. The van der Waals surface area contributed by atoms with Gasteiger partial charge in [-0.3, -0.25) is 9.59 Å². The summed E-state index contributed by atoms with van der Waals surface area (Å²) in [5.41, 5.74) is 5.39. The quantitative estimate of drug-likeness (QED) is 0.197. The Bertz CT molecular complexity index is 1600. The van der Waals surface area contributed by atoms with Crippen molar-refractivity contribution in [3.63, 3.8) is 0 Å². The third kappa shape index (κ3) is 7.09. The maximum absolute atomic E-state index is 14.2. The number of para-hydroxylation sites is 1. The Kier molecular flexibility index (Phi) is 9.32. The van der Waals surface area contributed by atoms with Crippen molar-refractivity contribution in [3.05, 3.63) is 102 Å². The first-order valence-electron chi connectivity index (χ1n) is 15.0. The van der Waals surface area contributed by atoms with Gasteiger partial charge in [0.1, 0.15) is 5.82 Å². The van der Waals surface area contributed by atoms with Crippen molar-refractivity contribution < 1.29 is 28.2 Å². The maximum Gasteiger partial charge on any atom is 0.304 e. The zero-order valence-corrected chi connectivity index (χ0v) is 25.8. The lowest BCUT2D eigenvalue weighted by Gasteiger charge is -2.40. The van der Waals surface area contributed by atoms with Gasteiger partial charge in [-0.25, -0.2) is 4.39 Å². The molecule has 1 fully saturated rings. The number of anilines is 1. The fourth-order valence-corrected chi connectivity index (χ4v) is 5.97. The monoisotopic (exact) mass is 598 g/mol. The van der Waals surface area contributed by atoms with E-state index >= 15 is 0 Å². The molecular formula is C36H39FN2O5. The molecule has 0 radical (unpaired) electrons. The molecule has 0 aliphatic carbocycles. The first-order chi connectivity index (χ1) is 21.0. The van der Waals surface area contributed by atoms with Gasteiger partial charge in [0.15, 0.2) is 5.79 Å². The van der Waals surface area contributed by atoms with Gasteiger partial charge in [-0.15, -0.1) is 0 Å². The van der Waals surface area contributed by atoms with Gasteiger partial charge in [-0.1, -0.05) is 62.4 Å². The molecule has 1 aliphatic heterocycles. The summed E-state index contributed by atoms with van der Waals surface area (Å²) in [6.45, 7) is 9.59. The van der Waals surface area contributed by atoms with Gasteiger partial charge < -0.3 is 24.1 Å². The molecule has 0 spiro atoms. The second kappa shape index (κ2) is 13.2. The number of ether oxygens (including phenoxy) is 3. The van der Waals surface area contributed by atoms with Crippen LogP contribution in [0.2, 0.25) is 0 Å². The first-order valence-corrected chi connectivity index (χ1v) is 15.0. The number of carbonyl (C=O) groups is 2. The van der Waals surface area contributed by atoms with Crippen LogP contribution < -0.4 is 5.32 Å². The summed E-state index contributed by atoms with van der Waals surface area (Å²) >= 11 is 0. The van der Waals surface area contributed by atoms with E-state index in [1.807, 2.05) is 60.7 Å². The van der Waals surface area contributed by atoms with E-state index in [9.17, 15) is 14.0 Å². The summed E-state index contributed by atoms with van der Waals surface area (Å²) in [4.78, 5) is 26.0. The van der Waals surface area contributed by atoms with E-state index in [2.05, 4.69) is 23.7 Å². The largest absolute Gasteiger partial charge is 0.436 e. The number of rotatable bonds is 9. The second-order valence-corrected chi connectivity index (χ2v) is 11.8. The number of nitrogens with one attached hydrogen (secondary N) is 1. The number of carbonyl (C=O) groups excluding carboxylic acids is 2. The highest BCUT2D eigenvalue weighted by atomic mass is 19.1. The van der Waals surface area contributed by atoms with E-state index in [0.717, 1.165) is 28.1 Å². The van der Waals surface area contributed by atoms with E-state index in [-0.39, 0.29) is 23.7 Å². The minimum absolute atomic E-state index is 0.0379. The average Bonchev–Trinajstić information content (AvgIpc) is 3.32. The standard InChI is InChI=1S/C36H39FN2O5/c1-23(2)33-32(35(41)38-28-14-10-7-11-15-28)31(25-12-8-6-9-13-25)34(26-16-18-27(37)19-17-26)39(33)21-20-29-22-30(42-24(3)40)44-36(4,5)43-29/h6-19,23,29-30H,20-22H2,1-5H3,(H,38,41)/t29?,30-/m0/s1. The molecule has 1 aromatic heterocycles. The normalized spacial score (nSPS) is 17.8. The van der Waals surface area contributed by atoms with Crippen molar-refractivity contribution >= 4 is 17.6 Å². The van der Waals surface area contributed by atoms with Gasteiger partial charge in [0, 0.05) is 36.8 Å². The van der Waals surface area contributed by atoms with Crippen molar-refractivity contribution in [2.24, 2.45) is 0 Å². The van der Waals surface area contributed by atoms with Crippen LogP contribution in [-0.2, 0) is 25.5 Å². The van der Waals surface area contributed by atoms with Crippen LogP contribution in [0.25, 0.3) is 22.4 Å². The van der Waals surface area contributed by atoms with Crippen LogP contribution in [0.1, 0.15) is 69.4 Å². The molecule has 0 saturated carbocycles. The predicted molar refractivity (Wildman–Crippen MR) is 169 cm³/mol. The molecule has 1 amide bonds. The lowest BCUT2D eigenvalue weighted by molar-refractivity contribution is -0.343. The number of esters is 1. The molecule has 4 aromatic rings. The summed E-state index contributed by atoms with van der Waals surface area (Å²) in [7, 11) is 0. The minimum atomic E-state index is -0.948. The fraction of sp³-hybridized carbons (Fsp3) is 0.333. The Morgan fingerprint density at radius 2 is 1.59 bits per heavy atom. The second-order valence-electron chi connectivity index (χ2n) is 11.8. The third-order valence-corrected chi connectivity index (χ3v) is 7.58. The average molecular weight is 599 g/mol. The molecule has 3 aromatic carbocycles. The molecule has 5 rings (SSSR count). The van der Waals surface area contributed by atoms with Crippen molar-refractivity contribution in [2.45, 2.75) is 78.1 Å². The van der Waals surface area contributed by atoms with E-state index in [1.165, 1.54) is 19.1 Å². The van der Waals surface area contributed by atoms with E-state index in [1.54, 1.807) is 26.0 Å². The first kappa shape index (κ1) is 31.2. The number of amides is 1. The van der Waals surface area contributed by atoms with Crippen molar-refractivity contribution in [3.8, 4) is 22.4 Å². The number of benzene rings is 3. The molecule has 2 heterocycles. The summed E-state index contributed by atoms with van der Waals surface area (Å²) < 4.78 is 33.8. The van der Waals surface area contributed by atoms with Crippen LogP contribution in [0.15, 0.2) is 84.9 Å². The van der Waals surface area contributed by atoms with Crippen LogP contribution in [0.3, 0.4) is 0 Å². The minimum Gasteiger partial charge on any atom is -0.436 e. The number of aromatic nitrogens is 1. The smallest absolute Gasteiger partial charge is 0.304 e. The lowest BCUT2D eigenvalue weighted by Crippen LogP contribution is -2.46. The lowest BCUT2D eigenvalue weighted by atomic mass is 9.94. The highest BCUT2D eigenvalue weighted by molar-refractivity contribution is 6.12. The Balaban J connectivity index is 1.66. The fourth-order valence-electron chi connectivity index (χ4n) is 5.97. The van der Waals surface area contributed by atoms with E-state index < -0.39 is 18.0 Å². The number of nitrogens with zero attached hydrogens (tertiary/aromatic N) is 1. The molecule has 1 aliphatic rings. The van der Waals surface area contributed by atoms with Crippen LogP contribution in [0.4, 0.5) is 10.1 Å². The Morgan fingerprint density at radius 3 is 2.20 bits per heavy atom. The predicted octanol–water partition coefficient (Wildman–Crippen LogP) is 8.16. The number of halogens is 1. The SMILES string of the molecule is CC(=O)O[C@@H]1CC(CCn2c(-c3ccc(F)cc3)c(-c3ccccc3)c(C(=O)Nc3ccccc3)c2C(C)C)OC(C)(C)O1. The molecule has 230 valence electrons. The highest BCUT2D eigenvalue weighted by Gasteiger charge is 2.38. The van der Waals surface area contributed by atoms with Crippen LogP contribution >= 0.6 is 0 Å². The van der Waals surface area contributed by atoms with Gasteiger partial charge >= 0.3 is 5.97 Å². The van der Waals surface area contributed by atoms with Crippen molar-refractivity contribution in [1.82, 2.24) is 4.57 Å². The summed E-state index contributed by atoms with van der Waals surface area (Å²) in [5, 5.41) is 3.10. The summed E-state index contributed by atoms with van der Waals surface area (Å²) in [6, 6.07) is 25.6. The molecule has 0 bridgehead atoms. The molecule has 1 N–H and O–H groups in total. The number of hydrogen-bond acceptors (Lipinski definition) is 5. The molecule has 2 atom stereocenters. The van der Waals surface area contributed by atoms with Crippen molar-refractivity contribution in [2.75, 3.05) is 5.32 Å². The zero-order valence-electron chi connectivity index (χ0n) is 25.8. The number of hydrogen-bond donors (Lipinski definition) is 1. The Labute approximate surface area is 258 Å². The van der Waals surface area contributed by atoms with Gasteiger partial charge in [0.05, 0.1) is 17.4 Å². The summed E-state index contributed by atoms with van der Waals surface area (Å²) in [6.07, 6.45) is -0.0752. The van der Waals surface area contributed by atoms with Crippen molar-refractivity contribution in [1.29, 1.82) is 0 Å². The topological polar surface area (TPSA) is 78.8 Å². The van der Waals surface area contributed by atoms with Gasteiger partial charge in [0.2, 0.25) is 6.29 Å². The Morgan fingerprint density at radius 1 is 0.955 bits per heavy atom. The Hall–Kier alpha value is -4.27. The van der Waals surface area contributed by atoms with Gasteiger partial charge in [-0.05, 0) is 73.7 Å². The molecule has 8 heteroatoms. The van der Waals surface area contributed by atoms with Gasteiger partial charge in [-0.2, -0.15) is 0 Å². The van der Waals surface area contributed by atoms with Crippen LogP contribution in [-0.4, -0.2) is 34.6 Å². The molecule has 1 unspecified atom stereocenters. The van der Waals surface area contributed by atoms with Gasteiger partial charge in [0.25, 0.3) is 5.91 Å². The van der Waals surface area contributed by atoms with Crippen LogP contribution in [0, 0.1) is 5.82 Å². The van der Waals surface area contributed by atoms with E-state index in [0.29, 0.717) is 30.6 Å². The molecular weight excluding hydrogens is 559 g/mol. The highest BCUT2D eigenvalue weighted by Crippen LogP contribution is 2.43. The van der Waals surface area contributed by atoms with E-state index in [4.69, 9.17) is 14.2 Å². The molecule has 1 saturated heterocycles.